The lowest BCUT2D eigenvalue weighted by molar-refractivity contribution is 0.0947. The van der Waals surface area contributed by atoms with Crippen molar-refractivity contribution in [2.45, 2.75) is 25.7 Å². The van der Waals surface area contributed by atoms with Crippen LogP contribution < -0.4 is 5.32 Å². The second-order valence-corrected chi connectivity index (χ2v) is 5.43. The van der Waals surface area contributed by atoms with E-state index in [1.165, 1.54) is 37.8 Å². The molecule has 1 fully saturated rings. The molecule has 2 nitrogen and oxygen atoms in total. The van der Waals surface area contributed by atoms with E-state index in [1.54, 1.807) is 6.07 Å². The normalized spacial score (nSPS) is 16.1. The van der Waals surface area contributed by atoms with Crippen LogP contribution in [0.2, 0.25) is 0 Å². The molecule has 0 spiro atoms. The van der Waals surface area contributed by atoms with Gasteiger partial charge in [0.25, 0.3) is 5.91 Å². The number of amides is 1. The molecule has 1 aliphatic carbocycles. The van der Waals surface area contributed by atoms with Crippen LogP contribution in [0, 0.1) is 11.7 Å². The molecule has 0 unspecified atom stereocenters. The Morgan fingerprint density at radius 3 is 2.71 bits per heavy atom. The lowest BCUT2D eigenvalue weighted by Gasteiger charge is -2.10. The van der Waals surface area contributed by atoms with Crippen LogP contribution >= 0.6 is 15.9 Å². The van der Waals surface area contributed by atoms with Gasteiger partial charge in [-0.25, -0.2) is 4.39 Å². The summed E-state index contributed by atoms with van der Waals surface area (Å²) in [4.78, 5) is 11.8. The predicted molar refractivity (Wildman–Crippen MR) is 68.4 cm³/mol. The van der Waals surface area contributed by atoms with E-state index in [1.807, 2.05) is 0 Å². The molecule has 0 aliphatic heterocycles. The number of carbonyl (C=O) groups is 1. The number of hydrogen-bond acceptors (Lipinski definition) is 1. The number of halogens is 2. The molecular formula is C13H15BrFNO. The Kier molecular flexibility index (Phi) is 4.15. The van der Waals surface area contributed by atoms with Crippen molar-refractivity contribution in [3.05, 3.63) is 34.1 Å². The first-order valence-corrected chi connectivity index (χ1v) is 6.69. The fraction of sp³-hybridized carbons (Fsp3) is 0.462. The molecule has 2 rings (SSSR count). The van der Waals surface area contributed by atoms with E-state index >= 15 is 0 Å². The van der Waals surface area contributed by atoms with Gasteiger partial charge in [-0.15, -0.1) is 0 Å². The molecule has 1 N–H and O–H groups in total. The summed E-state index contributed by atoms with van der Waals surface area (Å²) in [5, 5.41) is 2.87. The van der Waals surface area contributed by atoms with E-state index in [0.717, 1.165) is 0 Å². The predicted octanol–water partition coefficient (Wildman–Crippen LogP) is 3.51. The minimum absolute atomic E-state index is 0.197. The van der Waals surface area contributed by atoms with Crippen molar-refractivity contribution in [1.29, 1.82) is 0 Å². The third kappa shape index (κ3) is 3.53. The molecule has 92 valence electrons. The van der Waals surface area contributed by atoms with Crippen LogP contribution in [-0.4, -0.2) is 12.5 Å². The molecule has 1 saturated carbocycles. The molecule has 1 amide bonds. The van der Waals surface area contributed by atoms with Gasteiger partial charge in [-0.3, -0.25) is 4.79 Å². The summed E-state index contributed by atoms with van der Waals surface area (Å²) in [5.74, 6) is -0.00144. The zero-order valence-electron chi connectivity index (χ0n) is 9.51. The number of carbonyl (C=O) groups excluding carboxylic acids is 1. The van der Waals surface area contributed by atoms with Crippen molar-refractivity contribution in [3.8, 4) is 0 Å². The first-order valence-electron chi connectivity index (χ1n) is 5.89. The van der Waals surface area contributed by atoms with E-state index in [0.29, 0.717) is 22.5 Å². The summed E-state index contributed by atoms with van der Waals surface area (Å²) in [7, 11) is 0. The van der Waals surface area contributed by atoms with Gasteiger partial charge < -0.3 is 5.32 Å². The summed E-state index contributed by atoms with van der Waals surface area (Å²) in [6.07, 6.45) is 4.89. The van der Waals surface area contributed by atoms with E-state index in [2.05, 4.69) is 21.2 Å². The summed E-state index contributed by atoms with van der Waals surface area (Å²) in [5.41, 5.74) is 0.370. The fourth-order valence-electron chi connectivity index (χ4n) is 2.24. The van der Waals surface area contributed by atoms with Crippen molar-refractivity contribution in [2.75, 3.05) is 6.54 Å². The highest BCUT2D eigenvalue weighted by atomic mass is 79.9. The Bertz CT molecular complexity index is 396. The Hall–Kier alpha value is -0.900. The monoisotopic (exact) mass is 299 g/mol. The van der Waals surface area contributed by atoms with Crippen LogP contribution in [0.25, 0.3) is 0 Å². The summed E-state index contributed by atoms with van der Waals surface area (Å²) in [6.45, 7) is 0.701. The van der Waals surface area contributed by atoms with Gasteiger partial charge in [-0.1, -0.05) is 28.8 Å². The van der Waals surface area contributed by atoms with Gasteiger partial charge in [0.1, 0.15) is 5.82 Å². The Morgan fingerprint density at radius 2 is 2.06 bits per heavy atom. The quantitative estimate of drug-likeness (QED) is 0.909. The number of rotatable bonds is 3. The van der Waals surface area contributed by atoms with Crippen molar-refractivity contribution < 1.29 is 9.18 Å². The zero-order valence-corrected chi connectivity index (χ0v) is 11.1. The first-order chi connectivity index (χ1) is 8.15. The highest BCUT2D eigenvalue weighted by Crippen LogP contribution is 2.23. The smallest absolute Gasteiger partial charge is 0.251 e. The highest BCUT2D eigenvalue weighted by molar-refractivity contribution is 9.10. The second kappa shape index (κ2) is 5.63. The molecule has 0 radical (unpaired) electrons. The SMILES string of the molecule is O=C(NCC1CCCC1)c1cc(F)cc(Br)c1. The molecule has 0 atom stereocenters. The highest BCUT2D eigenvalue weighted by Gasteiger charge is 2.16. The minimum Gasteiger partial charge on any atom is -0.352 e. The number of nitrogens with one attached hydrogen (secondary N) is 1. The largest absolute Gasteiger partial charge is 0.352 e. The van der Waals surface area contributed by atoms with Crippen molar-refractivity contribution >= 4 is 21.8 Å². The molecule has 4 heteroatoms. The average molecular weight is 300 g/mol. The number of hydrogen-bond donors (Lipinski definition) is 1. The standard InChI is InChI=1S/C13H15BrFNO/c14-11-5-10(6-12(15)7-11)13(17)16-8-9-3-1-2-4-9/h5-7,9H,1-4,8H2,(H,16,17). The third-order valence-corrected chi connectivity index (χ3v) is 3.61. The molecule has 1 aromatic carbocycles. The van der Waals surface area contributed by atoms with Gasteiger partial charge in [-0.05, 0) is 37.0 Å². The van der Waals surface area contributed by atoms with E-state index in [4.69, 9.17) is 0 Å². The number of benzene rings is 1. The topological polar surface area (TPSA) is 29.1 Å². The van der Waals surface area contributed by atoms with Crippen molar-refractivity contribution in [1.82, 2.24) is 5.32 Å². The van der Waals surface area contributed by atoms with Crippen LogP contribution in [0.15, 0.2) is 22.7 Å². The van der Waals surface area contributed by atoms with E-state index < -0.39 is 5.82 Å². The zero-order chi connectivity index (χ0) is 12.3. The van der Waals surface area contributed by atoms with Crippen LogP contribution in [0.4, 0.5) is 4.39 Å². The molecule has 0 aromatic heterocycles. The summed E-state index contributed by atoms with van der Waals surface area (Å²) in [6, 6.07) is 4.23. The molecule has 0 saturated heterocycles. The Labute approximate surface area is 109 Å². The molecule has 1 aliphatic rings. The molecule has 17 heavy (non-hydrogen) atoms. The third-order valence-electron chi connectivity index (χ3n) is 3.15. The van der Waals surface area contributed by atoms with Gasteiger partial charge >= 0.3 is 0 Å². The average Bonchev–Trinajstić information content (AvgIpc) is 2.77. The van der Waals surface area contributed by atoms with Crippen LogP contribution in [0.1, 0.15) is 36.0 Å². The second-order valence-electron chi connectivity index (χ2n) is 4.52. The molecule has 0 bridgehead atoms. The van der Waals surface area contributed by atoms with Gasteiger partial charge in [-0.2, -0.15) is 0 Å². The van der Waals surface area contributed by atoms with Crippen molar-refractivity contribution in [2.24, 2.45) is 5.92 Å². The van der Waals surface area contributed by atoms with Gasteiger partial charge in [0.05, 0.1) is 0 Å². The van der Waals surface area contributed by atoms with Crippen LogP contribution in [0.5, 0.6) is 0 Å². The fourth-order valence-corrected chi connectivity index (χ4v) is 2.70. The van der Waals surface area contributed by atoms with Gasteiger partial charge in [0, 0.05) is 16.6 Å². The van der Waals surface area contributed by atoms with Gasteiger partial charge in [0.2, 0.25) is 0 Å². The Morgan fingerprint density at radius 1 is 1.35 bits per heavy atom. The van der Waals surface area contributed by atoms with Gasteiger partial charge in [0.15, 0.2) is 0 Å². The molecule has 1 aromatic rings. The van der Waals surface area contributed by atoms with Crippen LogP contribution in [-0.2, 0) is 0 Å². The summed E-state index contributed by atoms with van der Waals surface area (Å²) >= 11 is 3.18. The summed E-state index contributed by atoms with van der Waals surface area (Å²) < 4.78 is 13.7. The maximum atomic E-state index is 13.1. The van der Waals surface area contributed by atoms with E-state index in [-0.39, 0.29) is 5.91 Å². The maximum Gasteiger partial charge on any atom is 0.251 e. The molecular weight excluding hydrogens is 285 g/mol. The lowest BCUT2D eigenvalue weighted by atomic mass is 10.1. The van der Waals surface area contributed by atoms with E-state index in [9.17, 15) is 9.18 Å². The first kappa shape index (κ1) is 12.6. The van der Waals surface area contributed by atoms with Crippen LogP contribution in [0.3, 0.4) is 0 Å². The molecule has 0 heterocycles. The Balaban J connectivity index is 1.94. The maximum absolute atomic E-state index is 13.1. The van der Waals surface area contributed by atoms with Crippen molar-refractivity contribution in [3.63, 3.8) is 0 Å². The minimum atomic E-state index is -0.398. The lowest BCUT2D eigenvalue weighted by Crippen LogP contribution is -2.28.